The van der Waals surface area contributed by atoms with E-state index in [4.69, 9.17) is 0 Å². The Morgan fingerprint density at radius 3 is 2.46 bits per heavy atom. The monoisotopic (exact) mass is 319 g/mol. The lowest BCUT2D eigenvalue weighted by Crippen LogP contribution is -2.21. The van der Waals surface area contributed by atoms with Crippen molar-refractivity contribution in [3.63, 3.8) is 0 Å². The highest BCUT2D eigenvalue weighted by molar-refractivity contribution is 5.91. The quantitative estimate of drug-likeness (QED) is 0.757. The molecule has 24 heavy (non-hydrogen) atoms. The predicted molar refractivity (Wildman–Crippen MR) is 94.9 cm³/mol. The molecule has 3 heterocycles. The van der Waals surface area contributed by atoms with Crippen LogP contribution in [0.4, 0.5) is 4.39 Å². The summed E-state index contributed by atoms with van der Waals surface area (Å²) in [5, 5.41) is 3.42. The average Bonchev–Trinajstić information content (AvgIpc) is 3.09. The number of aromatic amines is 1. The van der Waals surface area contributed by atoms with Crippen molar-refractivity contribution < 1.29 is 4.39 Å². The van der Waals surface area contributed by atoms with E-state index in [0.29, 0.717) is 0 Å². The number of aromatic nitrogens is 2. The second-order valence-electron chi connectivity index (χ2n) is 5.89. The molecule has 0 unspecified atom stereocenters. The molecule has 3 nitrogen and oxygen atoms in total. The lowest BCUT2D eigenvalue weighted by atomic mass is 9.93. The van der Waals surface area contributed by atoms with E-state index in [9.17, 15) is 4.39 Å². The molecule has 1 aromatic carbocycles. The van der Waals surface area contributed by atoms with Crippen LogP contribution in [0.25, 0.3) is 28.0 Å². The Morgan fingerprint density at radius 1 is 0.958 bits per heavy atom. The van der Waals surface area contributed by atoms with E-state index in [2.05, 4.69) is 21.4 Å². The molecule has 1 aliphatic heterocycles. The summed E-state index contributed by atoms with van der Waals surface area (Å²) in [6, 6.07) is 10.6. The minimum Gasteiger partial charge on any atom is -0.360 e. The normalized spacial score (nSPS) is 14.5. The Labute approximate surface area is 140 Å². The van der Waals surface area contributed by atoms with E-state index < -0.39 is 0 Å². The van der Waals surface area contributed by atoms with E-state index in [1.54, 1.807) is 12.4 Å². The van der Waals surface area contributed by atoms with Gasteiger partial charge in [-0.05, 0) is 66.1 Å². The lowest BCUT2D eigenvalue weighted by molar-refractivity contribution is 0.628. The van der Waals surface area contributed by atoms with Crippen molar-refractivity contribution in [2.45, 2.75) is 6.42 Å². The second kappa shape index (κ2) is 6.42. The van der Waals surface area contributed by atoms with Crippen LogP contribution in [0, 0.1) is 5.82 Å². The van der Waals surface area contributed by atoms with Gasteiger partial charge in [0.25, 0.3) is 0 Å². The summed E-state index contributed by atoms with van der Waals surface area (Å²) in [5.41, 5.74) is 6.69. The number of hydrogen-bond donors (Lipinski definition) is 2. The van der Waals surface area contributed by atoms with Crippen molar-refractivity contribution in [1.29, 1.82) is 0 Å². The highest BCUT2D eigenvalue weighted by atomic mass is 19.1. The minimum absolute atomic E-state index is 0.227. The number of H-pyrrole nitrogens is 1. The van der Waals surface area contributed by atoms with Gasteiger partial charge in [0.1, 0.15) is 5.82 Å². The molecule has 0 spiro atoms. The highest BCUT2D eigenvalue weighted by Gasteiger charge is 2.18. The molecule has 2 aromatic heterocycles. The molecule has 120 valence electrons. The first-order valence-corrected chi connectivity index (χ1v) is 8.11. The number of pyridine rings is 1. The maximum Gasteiger partial charge on any atom is 0.123 e. The van der Waals surface area contributed by atoms with Crippen LogP contribution in [0.1, 0.15) is 12.0 Å². The van der Waals surface area contributed by atoms with Crippen LogP contribution in [0.15, 0.2) is 61.1 Å². The van der Waals surface area contributed by atoms with E-state index >= 15 is 0 Å². The Morgan fingerprint density at radius 2 is 1.75 bits per heavy atom. The number of nitrogens with one attached hydrogen (secondary N) is 2. The molecule has 0 radical (unpaired) electrons. The summed E-state index contributed by atoms with van der Waals surface area (Å²) in [4.78, 5) is 7.52. The molecule has 0 atom stereocenters. The number of benzene rings is 1. The fourth-order valence-corrected chi connectivity index (χ4v) is 3.19. The highest BCUT2D eigenvalue weighted by Crippen LogP contribution is 2.37. The van der Waals surface area contributed by atoms with Crippen LogP contribution in [-0.4, -0.2) is 23.1 Å². The Hall–Kier alpha value is -2.72. The van der Waals surface area contributed by atoms with Crippen molar-refractivity contribution in [2.75, 3.05) is 13.1 Å². The van der Waals surface area contributed by atoms with Crippen LogP contribution >= 0.6 is 0 Å². The number of rotatable bonds is 3. The summed E-state index contributed by atoms with van der Waals surface area (Å²) in [6.45, 7) is 1.88. The zero-order valence-electron chi connectivity index (χ0n) is 13.2. The van der Waals surface area contributed by atoms with Gasteiger partial charge in [0.2, 0.25) is 0 Å². The van der Waals surface area contributed by atoms with Gasteiger partial charge in [0, 0.05) is 36.3 Å². The maximum absolute atomic E-state index is 13.3. The first kappa shape index (κ1) is 14.8. The standard InChI is InChI=1S/C20H18FN3/c21-17-5-3-15(4-6-17)20-19(14-7-10-22-11-8-14)18(13-24-20)16-2-1-9-23-12-16/h2-8,10-11,13,23-24H,1,9,12H2. The Kier molecular flexibility index (Phi) is 3.97. The predicted octanol–water partition coefficient (Wildman–Crippen LogP) is 4.26. The Balaban J connectivity index is 1.90. The van der Waals surface area contributed by atoms with Crippen molar-refractivity contribution in [2.24, 2.45) is 0 Å². The van der Waals surface area contributed by atoms with Gasteiger partial charge >= 0.3 is 0 Å². The zero-order valence-corrected chi connectivity index (χ0v) is 13.2. The molecule has 0 bridgehead atoms. The second-order valence-corrected chi connectivity index (χ2v) is 5.89. The smallest absolute Gasteiger partial charge is 0.123 e. The molecule has 0 aliphatic carbocycles. The van der Waals surface area contributed by atoms with Crippen molar-refractivity contribution >= 4 is 5.57 Å². The van der Waals surface area contributed by atoms with Gasteiger partial charge < -0.3 is 10.3 Å². The maximum atomic E-state index is 13.3. The van der Waals surface area contributed by atoms with E-state index in [1.807, 2.05) is 30.5 Å². The molecular formula is C20H18FN3. The number of hydrogen-bond acceptors (Lipinski definition) is 2. The van der Waals surface area contributed by atoms with Crippen molar-refractivity contribution in [3.05, 3.63) is 72.4 Å². The molecule has 4 rings (SSSR count). The third-order valence-corrected chi connectivity index (χ3v) is 4.36. The molecule has 0 saturated heterocycles. The van der Waals surface area contributed by atoms with Gasteiger partial charge in [-0.2, -0.15) is 0 Å². The van der Waals surface area contributed by atoms with E-state index in [0.717, 1.165) is 41.9 Å². The fraction of sp³-hybridized carbons (Fsp3) is 0.150. The van der Waals surface area contributed by atoms with Crippen LogP contribution in [-0.2, 0) is 0 Å². The SMILES string of the molecule is Fc1ccc(-c2[nH]cc(C3=CCCNC3)c2-c2ccncc2)cc1. The summed E-state index contributed by atoms with van der Waals surface area (Å²) in [7, 11) is 0. The van der Waals surface area contributed by atoms with Gasteiger partial charge in [0.05, 0.1) is 5.69 Å². The van der Waals surface area contributed by atoms with Crippen LogP contribution < -0.4 is 5.32 Å². The van der Waals surface area contributed by atoms with Gasteiger partial charge in [-0.15, -0.1) is 0 Å². The molecule has 0 fully saturated rings. The minimum atomic E-state index is -0.227. The summed E-state index contributed by atoms with van der Waals surface area (Å²) in [5.74, 6) is -0.227. The third kappa shape index (κ3) is 2.76. The molecule has 3 aromatic rings. The number of nitrogens with zero attached hydrogens (tertiary/aromatic N) is 1. The van der Waals surface area contributed by atoms with Gasteiger partial charge in [-0.1, -0.05) is 6.08 Å². The van der Waals surface area contributed by atoms with Crippen molar-refractivity contribution in [3.8, 4) is 22.4 Å². The third-order valence-electron chi connectivity index (χ3n) is 4.36. The van der Waals surface area contributed by atoms with Gasteiger partial charge in [-0.25, -0.2) is 4.39 Å². The molecule has 4 heteroatoms. The summed E-state index contributed by atoms with van der Waals surface area (Å²) < 4.78 is 13.3. The summed E-state index contributed by atoms with van der Waals surface area (Å²) in [6.07, 6.45) is 8.97. The topological polar surface area (TPSA) is 40.7 Å². The average molecular weight is 319 g/mol. The lowest BCUT2D eigenvalue weighted by Gasteiger charge is -2.16. The van der Waals surface area contributed by atoms with Crippen LogP contribution in [0.5, 0.6) is 0 Å². The molecule has 0 saturated carbocycles. The first-order valence-electron chi connectivity index (χ1n) is 8.11. The molecule has 0 amide bonds. The first-order chi connectivity index (χ1) is 11.8. The van der Waals surface area contributed by atoms with Gasteiger partial charge in [0.15, 0.2) is 0 Å². The summed E-state index contributed by atoms with van der Waals surface area (Å²) >= 11 is 0. The molecular weight excluding hydrogens is 301 g/mol. The zero-order chi connectivity index (χ0) is 16.4. The van der Waals surface area contributed by atoms with Gasteiger partial charge in [-0.3, -0.25) is 4.98 Å². The number of halogens is 1. The Bertz CT molecular complexity index is 864. The van der Waals surface area contributed by atoms with Crippen LogP contribution in [0.3, 0.4) is 0 Å². The molecule has 1 aliphatic rings. The van der Waals surface area contributed by atoms with E-state index in [1.165, 1.54) is 23.3 Å². The molecule has 2 N–H and O–H groups in total. The van der Waals surface area contributed by atoms with E-state index in [-0.39, 0.29) is 5.82 Å². The van der Waals surface area contributed by atoms with Crippen molar-refractivity contribution in [1.82, 2.24) is 15.3 Å². The largest absolute Gasteiger partial charge is 0.360 e. The van der Waals surface area contributed by atoms with Crippen LogP contribution in [0.2, 0.25) is 0 Å². The fourth-order valence-electron chi connectivity index (χ4n) is 3.19.